The van der Waals surface area contributed by atoms with Gasteiger partial charge in [-0.3, -0.25) is 4.79 Å². The van der Waals surface area contributed by atoms with Gasteiger partial charge in [0.05, 0.1) is 12.7 Å². The van der Waals surface area contributed by atoms with Gasteiger partial charge >= 0.3 is 5.97 Å². The number of carbonyl (C=O) groups is 2. The zero-order chi connectivity index (χ0) is 33.1. The molecular weight excluding hydrogens is 558 g/mol. The van der Waals surface area contributed by atoms with E-state index in [1.165, 1.54) is 135 Å². The van der Waals surface area contributed by atoms with Crippen molar-refractivity contribution >= 4 is 12.3 Å². The first-order valence-corrected chi connectivity index (χ1v) is 20.0. The summed E-state index contributed by atoms with van der Waals surface area (Å²) in [5.74, 6) is 0.734. The van der Waals surface area contributed by atoms with Crippen LogP contribution in [0.2, 0.25) is 0 Å². The monoisotopic (exact) mass is 638 g/mol. The van der Waals surface area contributed by atoms with Crippen molar-refractivity contribution in [3.05, 3.63) is 0 Å². The fourth-order valence-electron chi connectivity index (χ4n) is 6.40. The lowest BCUT2D eigenvalue weighted by atomic mass is 9.92. The highest BCUT2D eigenvalue weighted by atomic mass is 16.5. The molecule has 0 aliphatic heterocycles. The molecule has 0 saturated heterocycles. The first-order valence-electron chi connectivity index (χ1n) is 20.0. The topological polar surface area (TPSA) is 55.8 Å². The van der Waals surface area contributed by atoms with E-state index in [4.69, 9.17) is 9.47 Å². The van der Waals surface area contributed by atoms with Crippen molar-refractivity contribution in [1.82, 2.24) is 4.90 Å². The van der Waals surface area contributed by atoms with Crippen molar-refractivity contribution in [2.24, 2.45) is 5.92 Å². The Kier molecular flexibility index (Phi) is 35.2. The Hall–Kier alpha value is -0.940. The number of aldehydes is 1. The van der Waals surface area contributed by atoms with E-state index in [2.05, 4.69) is 32.6 Å². The van der Waals surface area contributed by atoms with Crippen molar-refractivity contribution in [2.45, 2.75) is 207 Å². The number of hydrogen-bond acceptors (Lipinski definition) is 5. The third-order valence-corrected chi connectivity index (χ3v) is 9.59. The molecule has 1 unspecified atom stereocenters. The van der Waals surface area contributed by atoms with Gasteiger partial charge in [-0.05, 0) is 70.5 Å². The second kappa shape index (κ2) is 35.9. The van der Waals surface area contributed by atoms with Crippen LogP contribution in [-0.2, 0) is 19.1 Å². The molecule has 5 heteroatoms. The number of nitrogens with zero attached hydrogens (tertiary/aromatic N) is 1. The van der Waals surface area contributed by atoms with Crippen LogP contribution < -0.4 is 0 Å². The first kappa shape index (κ1) is 44.1. The highest BCUT2D eigenvalue weighted by Crippen LogP contribution is 2.21. The Morgan fingerprint density at radius 2 is 1.11 bits per heavy atom. The van der Waals surface area contributed by atoms with E-state index in [0.29, 0.717) is 19.1 Å². The molecule has 0 radical (unpaired) electrons. The molecule has 0 aromatic carbocycles. The van der Waals surface area contributed by atoms with Gasteiger partial charge in [0, 0.05) is 19.4 Å². The highest BCUT2D eigenvalue weighted by Gasteiger charge is 2.12. The molecule has 0 aliphatic carbocycles. The summed E-state index contributed by atoms with van der Waals surface area (Å²) in [7, 11) is 0. The van der Waals surface area contributed by atoms with Gasteiger partial charge in [-0.25, -0.2) is 0 Å². The standard InChI is InChI=1S/C40H79NO4/c1-5-9-20-28-38(29-21-10-6-2)33-37-45-40(43)32-24-18-14-13-17-23-31-39(30-22-16-12-11-15-19-26-35-42)44-36-27-25-34-41(7-3)8-4/h35,38-39H,5-34,36-37H2,1-4H3. The van der Waals surface area contributed by atoms with E-state index in [1.807, 2.05) is 0 Å². The maximum absolute atomic E-state index is 12.3. The maximum Gasteiger partial charge on any atom is 0.305 e. The molecule has 0 N–H and O–H groups in total. The van der Waals surface area contributed by atoms with Crippen LogP contribution in [0, 0.1) is 5.92 Å². The van der Waals surface area contributed by atoms with E-state index in [1.54, 1.807) is 0 Å². The molecule has 45 heavy (non-hydrogen) atoms. The summed E-state index contributed by atoms with van der Waals surface area (Å²) < 4.78 is 12.0. The summed E-state index contributed by atoms with van der Waals surface area (Å²) in [5.41, 5.74) is 0. The second-order valence-electron chi connectivity index (χ2n) is 13.6. The van der Waals surface area contributed by atoms with Crippen molar-refractivity contribution in [1.29, 1.82) is 0 Å². The molecule has 1 atom stereocenters. The average molecular weight is 638 g/mol. The predicted octanol–water partition coefficient (Wildman–Crippen LogP) is 11.6. The van der Waals surface area contributed by atoms with Gasteiger partial charge in [0.15, 0.2) is 0 Å². The first-order chi connectivity index (χ1) is 22.1. The molecule has 268 valence electrons. The predicted molar refractivity (Wildman–Crippen MR) is 194 cm³/mol. The van der Waals surface area contributed by atoms with Gasteiger partial charge < -0.3 is 19.2 Å². The van der Waals surface area contributed by atoms with Crippen LogP contribution in [0.1, 0.15) is 201 Å². The van der Waals surface area contributed by atoms with E-state index >= 15 is 0 Å². The van der Waals surface area contributed by atoms with Crippen molar-refractivity contribution in [3.8, 4) is 0 Å². The molecule has 0 amide bonds. The molecule has 0 saturated carbocycles. The molecule has 0 bridgehead atoms. The summed E-state index contributed by atoms with van der Waals surface area (Å²) in [6.07, 6.45) is 33.3. The van der Waals surface area contributed by atoms with Gasteiger partial charge in [-0.1, -0.05) is 143 Å². The lowest BCUT2D eigenvalue weighted by molar-refractivity contribution is -0.144. The Morgan fingerprint density at radius 3 is 1.67 bits per heavy atom. The number of esters is 1. The average Bonchev–Trinajstić information content (AvgIpc) is 3.04. The molecule has 0 rings (SSSR count). The van der Waals surface area contributed by atoms with Gasteiger partial charge in [0.2, 0.25) is 0 Å². The van der Waals surface area contributed by atoms with E-state index < -0.39 is 0 Å². The molecule has 0 aliphatic rings. The molecule has 0 fully saturated rings. The third kappa shape index (κ3) is 31.4. The van der Waals surface area contributed by atoms with Gasteiger partial charge in [-0.15, -0.1) is 0 Å². The van der Waals surface area contributed by atoms with Crippen LogP contribution in [0.3, 0.4) is 0 Å². The number of carbonyl (C=O) groups excluding carboxylic acids is 2. The van der Waals surface area contributed by atoms with E-state index in [-0.39, 0.29) is 5.97 Å². The summed E-state index contributed by atoms with van der Waals surface area (Å²) in [5, 5.41) is 0. The third-order valence-electron chi connectivity index (χ3n) is 9.59. The normalized spacial score (nSPS) is 12.3. The molecule has 0 spiro atoms. The lowest BCUT2D eigenvalue weighted by Gasteiger charge is -2.20. The molecule has 0 heterocycles. The summed E-state index contributed by atoms with van der Waals surface area (Å²) in [6.45, 7) is 14.0. The van der Waals surface area contributed by atoms with Crippen LogP contribution in [0.25, 0.3) is 0 Å². The van der Waals surface area contributed by atoms with Crippen molar-refractivity contribution in [2.75, 3.05) is 32.8 Å². The fourth-order valence-corrected chi connectivity index (χ4v) is 6.40. The maximum atomic E-state index is 12.3. The Morgan fingerprint density at radius 1 is 0.578 bits per heavy atom. The Balaban J connectivity index is 4.09. The summed E-state index contributed by atoms with van der Waals surface area (Å²) >= 11 is 0. The van der Waals surface area contributed by atoms with Crippen LogP contribution in [0.5, 0.6) is 0 Å². The fraction of sp³-hybridized carbons (Fsp3) is 0.950. The molecule has 5 nitrogen and oxygen atoms in total. The number of rotatable bonds is 37. The second-order valence-corrected chi connectivity index (χ2v) is 13.6. The zero-order valence-electron chi connectivity index (χ0n) is 30.9. The largest absolute Gasteiger partial charge is 0.466 e. The molecular formula is C40H79NO4. The minimum Gasteiger partial charge on any atom is -0.466 e. The Labute approximate surface area is 281 Å². The summed E-state index contributed by atoms with van der Waals surface area (Å²) in [4.78, 5) is 25.3. The highest BCUT2D eigenvalue weighted by molar-refractivity contribution is 5.69. The summed E-state index contributed by atoms with van der Waals surface area (Å²) in [6, 6.07) is 0. The van der Waals surface area contributed by atoms with E-state index in [0.717, 1.165) is 70.4 Å². The number of ether oxygens (including phenoxy) is 2. The van der Waals surface area contributed by atoms with Crippen LogP contribution >= 0.6 is 0 Å². The van der Waals surface area contributed by atoms with Crippen molar-refractivity contribution < 1.29 is 19.1 Å². The Bertz CT molecular complexity index is 599. The van der Waals surface area contributed by atoms with Gasteiger partial charge in [0.1, 0.15) is 6.29 Å². The SMILES string of the molecule is CCCCCC(CCCCC)CCOC(=O)CCCCCCCCC(CCCCCCCCC=O)OCCCCN(CC)CC. The molecule has 0 aromatic heterocycles. The lowest BCUT2D eigenvalue weighted by Crippen LogP contribution is -2.24. The quantitative estimate of drug-likeness (QED) is 0.0385. The number of hydrogen-bond donors (Lipinski definition) is 0. The van der Waals surface area contributed by atoms with E-state index in [9.17, 15) is 9.59 Å². The van der Waals surface area contributed by atoms with Crippen LogP contribution in [0.4, 0.5) is 0 Å². The van der Waals surface area contributed by atoms with Crippen molar-refractivity contribution in [3.63, 3.8) is 0 Å². The minimum atomic E-state index is 0.00826. The zero-order valence-corrected chi connectivity index (χ0v) is 30.9. The van der Waals surface area contributed by atoms with Crippen LogP contribution in [0.15, 0.2) is 0 Å². The smallest absolute Gasteiger partial charge is 0.305 e. The van der Waals surface area contributed by atoms with Gasteiger partial charge in [-0.2, -0.15) is 0 Å². The molecule has 0 aromatic rings. The van der Waals surface area contributed by atoms with Gasteiger partial charge in [0.25, 0.3) is 0 Å². The van der Waals surface area contributed by atoms with Crippen LogP contribution in [-0.4, -0.2) is 56.1 Å². The number of unbranched alkanes of at least 4 members (excludes halogenated alkanes) is 16. The minimum absolute atomic E-state index is 0.00826.